The first-order chi connectivity index (χ1) is 13.4. The Labute approximate surface area is 163 Å². The van der Waals surface area contributed by atoms with Crippen LogP contribution in [0.15, 0.2) is 54.6 Å². The van der Waals surface area contributed by atoms with Gasteiger partial charge in [0.05, 0.1) is 18.1 Å². The molecule has 0 spiro atoms. The van der Waals surface area contributed by atoms with Crippen molar-refractivity contribution in [3.05, 3.63) is 60.2 Å². The number of hydrogen-bond donors (Lipinski definition) is 1. The highest BCUT2D eigenvalue weighted by Crippen LogP contribution is 2.17. The van der Waals surface area contributed by atoms with E-state index in [0.29, 0.717) is 11.4 Å². The molecule has 0 saturated carbocycles. The van der Waals surface area contributed by atoms with Crippen LogP contribution in [0.4, 0.5) is 11.4 Å². The normalized spacial score (nSPS) is 11.0. The van der Waals surface area contributed by atoms with Crippen molar-refractivity contribution in [3.63, 3.8) is 0 Å². The topological polar surface area (TPSA) is 99.5 Å². The lowest BCUT2D eigenvalue weighted by Crippen LogP contribution is -2.40. The number of amides is 2. The monoisotopic (exact) mass is 379 g/mol. The zero-order valence-electron chi connectivity index (χ0n) is 15.7. The third-order valence-corrected chi connectivity index (χ3v) is 3.83. The molecule has 28 heavy (non-hydrogen) atoms. The molecule has 0 saturated heterocycles. The van der Waals surface area contributed by atoms with Crippen LogP contribution < -0.4 is 10.2 Å². The van der Waals surface area contributed by atoms with E-state index >= 15 is 0 Å². The zero-order chi connectivity index (χ0) is 20.5. The van der Waals surface area contributed by atoms with E-state index in [4.69, 9.17) is 10.00 Å². The maximum absolute atomic E-state index is 12.8. The minimum atomic E-state index is -1.05. The number of nitrogens with zero attached hydrogens (tertiary/aromatic N) is 2. The SMILES string of the molecule is CC(=O)Nc1cccc(C(=O)OC(C)C(=O)N(CCC#N)c2ccccc2)c1. The summed E-state index contributed by atoms with van der Waals surface area (Å²) in [6, 6.07) is 17.2. The maximum atomic E-state index is 12.8. The molecule has 1 N–H and O–H groups in total. The van der Waals surface area contributed by atoms with Crippen molar-refractivity contribution in [1.82, 2.24) is 0 Å². The van der Waals surface area contributed by atoms with Gasteiger partial charge in [-0.1, -0.05) is 24.3 Å². The van der Waals surface area contributed by atoms with Gasteiger partial charge in [-0.25, -0.2) is 4.79 Å². The number of hydrogen-bond acceptors (Lipinski definition) is 5. The molecule has 1 atom stereocenters. The molecule has 0 aliphatic heterocycles. The van der Waals surface area contributed by atoms with Crippen LogP contribution in [-0.2, 0) is 14.3 Å². The third-order valence-electron chi connectivity index (χ3n) is 3.83. The van der Waals surface area contributed by atoms with Gasteiger partial charge in [0.2, 0.25) is 5.91 Å². The molecule has 7 heteroatoms. The number of carbonyl (C=O) groups excluding carboxylic acids is 3. The summed E-state index contributed by atoms with van der Waals surface area (Å²) in [6.45, 7) is 3.05. The quantitative estimate of drug-likeness (QED) is 0.745. The number of esters is 1. The van der Waals surface area contributed by atoms with Crippen LogP contribution in [0.2, 0.25) is 0 Å². The first-order valence-electron chi connectivity index (χ1n) is 8.74. The van der Waals surface area contributed by atoms with E-state index in [-0.39, 0.29) is 24.4 Å². The van der Waals surface area contributed by atoms with Crippen LogP contribution >= 0.6 is 0 Å². The predicted octanol–water partition coefficient (Wildman–Crippen LogP) is 3.14. The summed E-state index contributed by atoms with van der Waals surface area (Å²) in [6.07, 6.45) is -0.893. The number of nitrogens with one attached hydrogen (secondary N) is 1. The van der Waals surface area contributed by atoms with Gasteiger partial charge >= 0.3 is 5.97 Å². The highest BCUT2D eigenvalue weighted by Gasteiger charge is 2.25. The van der Waals surface area contributed by atoms with Gasteiger partial charge in [-0.2, -0.15) is 5.26 Å². The van der Waals surface area contributed by atoms with Gasteiger partial charge in [0.15, 0.2) is 6.10 Å². The summed E-state index contributed by atoms with van der Waals surface area (Å²) in [4.78, 5) is 37.8. The second-order valence-corrected chi connectivity index (χ2v) is 6.04. The van der Waals surface area contributed by atoms with Crippen molar-refractivity contribution in [2.24, 2.45) is 0 Å². The van der Waals surface area contributed by atoms with Crippen LogP contribution in [-0.4, -0.2) is 30.4 Å². The molecule has 1 unspecified atom stereocenters. The molecule has 2 rings (SSSR count). The zero-order valence-corrected chi connectivity index (χ0v) is 15.7. The first-order valence-corrected chi connectivity index (χ1v) is 8.74. The Morgan fingerprint density at radius 1 is 1.14 bits per heavy atom. The smallest absolute Gasteiger partial charge is 0.338 e. The fraction of sp³-hybridized carbons (Fsp3) is 0.238. The number of anilines is 2. The van der Waals surface area contributed by atoms with Crippen molar-refractivity contribution < 1.29 is 19.1 Å². The lowest BCUT2D eigenvalue weighted by molar-refractivity contribution is -0.126. The maximum Gasteiger partial charge on any atom is 0.338 e. The molecule has 0 bridgehead atoms. The van der Waals surface area contributed by atoms with Gasteiger partial charge in [-0.05, 0) is 37.3 Å². The highest BCUT2D eigenvalue weighted by molar-refractivity contribution is 5.99. The average molecular weight is 379 g/mol. The van der Waals surface area contributed by atoms with Crippen LogP contribution in [0.25, 0.3) is 0 Å². The van der Waals surface area contributed by atoms with Gasteiger partial charge in [0, 0.05) is 24.8 Å². The van der Waals surface area contributed by atoms with Crippen molar-refractivity contribution in [2.75, 3.05) is 16.8 Å². The summed E-state index contributed by atoms with van der Waals surface area (Å²) in [7, 11) is 0. The lowest BCUT2D eigenvalue weighted by atomic mass is 10.2. The molecule has 0 aliphatic rings. The Hall–Kier alpha value is -3.66. The Morgan fingerprint density at radius 2 is 1.86 bits per heavy atom. The van der Waals surface area contributed by atoms with E-state index in [1.165, 1.54) is 30.9 Å². The van der Waals surface area contributed by atoms with Crippen LogP contribution in [0, 0.1) is 11.3 Å². The number of rotatable bonds is 7. The van der Waals surface area contributed by atoms with Crippen molar-refractivity contribution in [3.8, 4) is 6.07 Å². The highest BCUT2D eigenvalue weighted by atomic mass is 16.5. The number of nitriles is 1. The molecular weight excluding hydrogens is 358 g/mol. The molecule has 144 valence electrons. The minimum Gasteiger partial charge on any atom is -0.449 e. The Bertz CT molecular complexity index is 890. The number of para-hydroxylation sites is 1. The van der Waals surface area contributed by atoms with Crippen LogP contribution in [0.5, 0.6) is 0 Å². The average Bonchev–Trinajstić information content (AvgIpc) is 2.68. The van der Waals surface area contributed by atoms with Gasteiger partial charge in [-0.3, -0.25) is 9.59 Å². The minimum absolute atomic E-state index is 0.153. The Balaban J connectivity index is 2.12. The van der Waals surface area contributed by atoms with Gasteiger partial charge in [0.1, 0.15) is 0 Å². The Morgan fingerprint density at radius 3 is 2.50 bits per heavy atom. The lowest BCUT2D eigenvalue weighted by Gasteiger charge is -2.25. The summed E-state index contributed by atoms with van der Waals surface area (Å²) >= 11 is 0. The summed E-state index contributed by atoms with van der Waals surface area (Å²) in [5, 5.41) is 11.4. The second-order valence-electron chi connectivity index (χ2n) is 6.04. The predicted molar refractivity (Wildman–Crippen MR) is 105 cm³/mol. The first kappa shape index (κ1) is 20.6. The van der Waals surface area contributed by atoms with Gasteiger partial charge < -0.3 is 15.0 Å². The van der Waals surface area contributed by atoms with E-state index in [9.17, 15) is 14.4 Å². The van der Waals surface area contributed by atoms with Gasteiger partial charge in [0.25, 0.3) is 5.91 Å². The largest absolute Gasteiger partial charge is 0.449 e. The number of ether oxygens (including phenoxy) is 1. The summed E-state index contributed by atoms with van der Waals surface area (Å²) in [5.41, 5.74) is 1.30. The second kappa shape index (κ2) is 9.88. The Kier molecular flexibility index (Phi) is 7.28. The van der Waals surface area contributed by atoms with E-state index in [2.05, 4.69) is 5.32 Å². The standard InChI is InChI=1S/C21H21N3O4/c1-15(20(26)24(13-7-12-22)19-10-4-3-5-11-19)28-21(27)17-8-6-9-18(14-17)23-16(2)25/h3-6,8-11,14-15H,7,13H2,1-2H3,(H,23,25). The number of benzene rings is 2. The molecule has 0 aliphatic carbocycles. The molecule has 2 aromatic rings. The van der Waals surface area contributed by atoms with Crippen molar-refractivity contribution >= 4 is 29.2 Å². The van der Waals surface area contributed by atoms with Gasteiger partial charge in [-0.15, -0.1) is 0 Å². The summed E-state index contributed by atoms with van der Waals surface area (Å²) in [5.74, 6) is -1.36. The fourth-order valence-electron chi connectivity index (χ4n) is 2.56. The molecule has 2 amide bonds. The van der Waals surface area contributed by atoms with E-state index in [1.54, 1.807) is 36.4 Å². The molecule has 2 aromatic carbocycles. The molecule has 7 nitrogen and oxygen atoms in total. The molecule has 0 fully saturated rings. The van der Waals surface area contributed by atoms with E-state index in [0.717, 1.165) is 0 Å². The summed E-state index contributed by atoms with van der Waals surface area (Å²) < 4.78 is 5.31. The third kappa shape index (κ3) is 5.68. The van der Waals surface area contributed by atoms with Crippen molar-refractivity contribution in [1.29, 1.82) is 5.26 Å². The molecule has 0 heterocycles. The molecule has 0 aromatic heterocycles. The number of carbonyl (C=O) groups is 3. The molecular formula is C21H21N3O4. The van der Waals surface area contributed by atoms with E-state index < -0.39 is 18.0 Å². The van der Waals surface area contributed by atoms with Crippen molar-refractivity contribution in [2.45, 2.75) is 26.4 Å². The molecule has 0 radical (unpaired) electrons. The van der Waals surface area contributed by atoms with E-state index in [1.807, 2.05) is 12.1 Å². The van der Waals surface area contributed by atoms with Crippen LogP contribution in [0.3, 0.4) is 0 Å². The van der Waals surface area contributed by atoms with Crippen LogP contribution in [0.1, 0.15) is 30.6 Å². The fourth-order valence-corrected chi connectivity index (χ4v) is 2.56.